The highest BCUT2D eigenvalue weighted by Gasteiger charge is 2.02. The molecule has 1 rings (SSSR count). The third kappa shape index (κ3) is 4.72. The van der Waals surface area contributed by atoms with Crippen molar-refractivity contribution >= 4 is 0 Å². The fourth-order valence-electron chi connectivity index (χ4n) is 1.65. The summed E-state index contributed by atoms with van der Waals surface area (Å²) in [4.78, 5) is 0. The van der Waals surface area contributed by atoms with Gasteiger partial charge in [0.2, 0.25) is 0 Å². The Kier molecular flexibility index (Phi) is 4.59. The molecule has 0 heteroatoms. The maximum atomic E-state index is 3.87. The molecule has 0 aliphatic heterocycles. The van der Waals surface area contributed by atoms with Crippen molar-refractivity contribution in [3.8, 4) is 0 Å². The van der Waals surface area contributed by atoms with E-state index in [1.807, 2.05) is 0 Å². The van der Waals surface area contributed by atoms with Crippen molar-refractivity contribution in [1.29, 1.82) is 0 Å². The van der Waals surface area contributed by atoms with E-state index in [1.54, 1.807) is 5.57 Å². The van der Waals surface area contributed by atoms with Crippen molar-refractivity contribution in [3.63, 3.8) is 0 Å². The molecule has 0 atom stereocenters. The van der Waals surface area contributed by atoms with E-state index in [-0.39, 0.29) is 0 Å². The van der Waals surface area contributed by atoms with E-state index >= 15 is 0 Å². The molecular formula is C13H20. The van der Waals surface area contributed by atoms with E-state index in [0.29, 0.717) is 0 Å². The molecule has 0 spiro atoms. The minimum Gasteiger partial charge on any atom is -0.0998 e. The Morgan fingerprint density at radius 3 is 2.62 bits per heavy atom. The van der Waals surface area contributed by atoms with Crippen LogP contribution in [0.15, 0.2) is 36.0 Å². The third-order valence-corrected chi connectivity index (χ3v) is 2.43. The van der Waals surface area contributed by atoms with Crippen molar-refractivity contribution in [2.24, 2.45) is 0 Å². The summed E-state index contributed by atoms with van der Waals surface area (Å²) in [6.07, 6.45) is 14.5. The molecule has 0 aromatic carbocycles. The van der Waals surface area contributed by atoms with Crippen LogP contribution in [0.4, 0.5) is 0 Å². The van der Waals surface area contributed by atoms with Crippen LogP contribution in [0.5, 0.6) is 0 Å². The Hall–Kier alpha value is -0.780. The zero-order valence-corrected chi connectivity index (χ0v) is 8.68. The Morgan fingerprint density at radius 1 is 1.31 bits per heavy atom. The topological polar surface area (TPSA) is 0 Å². The first-order valence-corrected chi connectivity index (χ1v) is 5.28. The molecule has 1 fully saturated rings. The lowest BCUT2D eigenvalue weighted by Crippen LogP contribution is -1.92. The molecule has 72 valence electrons. The SMILES string of the molecule is C=C(C)C/C=C/C=C1CCCCC1. The van der Waals surface area contributed by atoms with Gasteiger partial charge in [-0.2, -0.15) is 0 Å². The van der Waals surface area contributed by atoms with Gasteiger partial charge in [0.15, 0.2) is 0 Å². The van der Waals surface area contributed by atoms with Gasteiger partial charge in [-0.05, 0) is 39.0 Å². The van der Waals surface area contributed by atoms with Crippen molar-refractivity contribution in [1.82, 2.24) is 0 Å². The molecule has 0 radical (unpaired) electrons. The first-order chi connectivity index (χ1) is 6.29. The van der Waals surface area contributed by atoms with Gasteiger partial charge in [0.1, 0.15) is 0 Å². The van der Waals surface area contributed by atoms with Crippen LogP contribution in [0.25, 0.3) is 0 Å². The molecule has 0 saturated heterocycles. The lowest BCUT2D eigenvalue weighted by atomic mass is 9.95. The largest absolute Gasteiger partial charge is 0.0998 e. The van der Waals surface area contributed by atoms with Crippen molar-refractivity contribution in [2.45, 2.75) is 45.4 Å². The normalized spacial score (nSPS) is 17.8. The van der Waals surface area contributed by atoms with Crippen LogP contribution >= 0.6 is 0 Å². The van der Waals surface area contributed by atoms with E-state index in [4.69, 9.17) is 0 Å². The zero-order valence-electron chi connectivity index (χ0n) is 8.68. The fourth-order valence-corrected chi connectivity index (χ4v) is 1.65. The molecular weight excluding hydrogens is 156 g/mol. The van der Waals surface area contributed by atoms with Gasteiger partial charge in [-0.25, -0.2) is 0 Å². The lowest BCUT2D eigenvalue weighted by molar-refractivity contribution is 0.599. The summed E-state index contributed by atoms with van der Waals surface area (Å²) in [5.41, 5.74) is 2.86. The maximum Gasteiger partial charge on any atom is -0.0141 e. The first kappa shape index (κ1) is 10.3. The summed E-state index contributed by atoms with van der Waals surface area (Å²) >= 11 is 0. The molecule has 0 unspecified atom stereocenters. The predicted octanol–water partition coefficient (Wildman–Crippen LogP) is 4.40. The third-order valence-electron chi connectivity index (χ3n) is 2.43. The summed E-state index contributed by atoms with van der Waals surface area (Å²) < 4.78 is 0. The number of hydrogen-bond donors (Lipinski definition) is 0. The molecule has 1 aliphatic carbocycles. The van der Waals surface area contributed by atoms with Crippen LogP contribution in [-0.2, 0) is 0 Å². The maximum absolute atomic E-state index is 3.87. The molecule has 13 heavy (non-hydrogen) atoms. The summed E-state index contributed by atoms with van der Waals surface area (Å²) in [5.74, 6) is 0. The second kappa shape index (κ2) is 5.80. The van der Waals surface area contributed by atoms with Gasteiger partial charge < -0.3 is 0 Å². The van der Waals surface area contributed by atoms with Crippen LogP contribution in [-0.4, -0.2) is 0 Å². The first-order valence-electron chi connectivity index (χ1n) is 5.28. The highest BCUT2D eigenvalue weighted by Crippen LogP contribution is 2.22. The molecule has 0 heterocycles. The van der Waals surface area contributed by atoms with E-state index in [2.05, 4.69) is 31.7 Å². The molecule has 0 aromatic rings. The van der Waals surface area contributed by atoms with E-state index < -0.39 is 0 Å². The molecule has 0 amide bonds. The molecule has 0 aromatic heterocycles. The van der Waals surface area contributed by atoms with E-state index in [1.165, 1.54) is 37.7 Å². The zero-order chi connectivity index (χ0) is 9.52. The van der Waals surface area contributed by atoms with Crippen LogP contribution in [0.3, 0.4) is 0 Å². The van der Waals surface area contributed by atoms with Crippen molar-refractivity contribution in [3.05, 3.63) is 36.0 Å². The van der Waals surface area contributed by atoms with Crippen molar-refractivity contribution in [2.75, 3.05) is 0 Å². The van der Waals surface area contributed by atoms with Gasteiger partial charge in [-0.1, -0.05) is 42.4 Å². The monoisotopic (exact) mass is 176 g/mol. The van der Waals surface area contributed by atoms with Gasteiger partial charge >= 0.3 is 0 Å². The van der Waals surface area contributed by atoms with Crippen LogP contribution in [0.2, 0.25) is 0 Å². The van der Waals surface area contributed by atoms with Gasteiger partial charge in [-0.3, -0.25) is 0 Å². The highest BCUT2D eigenvalue weighted by atomic mass is 14.1. The van der Waals surface area contributed by atoms with Crippen LogP contribution in [0, 0.1) is 0 Å². The minimum absolute atomic E-state index is 1.02. The van der Waals surface area contributed by atoms with Crippen molar-refractivity contribution < 1.29 is 0 Å². The van der Waals surface area contributed by atoms with E-state index in [0.717, 1.165) is 6.42 Å². The predicted molar refractivity (Wildman–Crippen MR) is 59.7 cm³/mol. The van der Waals surface area contributed by atoms with E-state index in [9.17, 15) is 0 Å². The summed E-state index contributed by atoms with van der Waals surface area (Å²) in [6, 6.07) is 0. The van der Waals surface area contributed by atoms with Gasteiger partial charge in [-0.15, -0.1) is 0 Å². The van der Waals surface area contributed by atoms with Gasteiger partial charge in [0.05, 0.1) is 0 Å². The summed E-state index contributed by atoms with van der Waals surface area (Å²) in [6.45, 7) is 5.94. The standard InChI is InChI=1S/C13H20/c1-12(2)8-6-7-11-13-9-4-3-5-10-13/h6-7,11H,1,3-5,8-10H2,2H3/b7-6+. The average Bonchev–Trinajstić information content (AvgIpc) is 2.14. The Labute approximate surface area is 82.0 Å². The van der Waals surface area contributed by atoms with Crippen LogP contribution < -0.4 is 0 Å². The lowest BCUT2D eigenvalue weighted by Gasteiger charge is -2.12. The molecule has 1 aliphatic rings. The summed E-state index contributed by atoms with van der Waals surface area (Å²) in [7, 11) is 0. The second-order valence-electron chi connectivity index (χ2n) is 3.97. The highest BCUT2D eigenvalue weighted by molar-refractivity contribution is 5.15. The summed E-state index contributed by atoms with van der Waals surface area (Å²) in [5, 5.41) is 0. The average molecular weight is 176 g/mol. The fraction of sp³-hybridized carbons (Fsp3) is 0.538. The minimum atomic E-state index is 1.02. The second-order valence-corrected chi connectivity index (χ2v) is 3.97. The Bertz CT molecular complexity index is 210. The Balaban J connectivity index is 2.28. The van der Waals surface area contributed by atoms with Gasteiger partial charge in [0, 0.05) is 0 Å². The molecule has 1 saturated carbocycles. The molecule has 0 nitrogen and oxygen atoms in total. The number of allylic oxidation sites excluding steroid dienone is 5. The van der Waals surface area contributed by atoms with Gasteiger partial charge in [0.25, 0.3) is 0 Å². The smallest absolute Gasteiger partial charge is 0.0141 e. The molecule has 0 N–H and O–H groups in total. The molecule has 0 bridgehead atoms. The quantitative estimate of drug-likeness (QED) is 0.559. The Morgan fingerprint density at radius 2 is 2.00 bits per heavy atom. The number of hydrogen-bond acceptors (Lipinski definition) is 0. The number of rotatable bonds is 3. The van der Waals surface area contributed by atoms with Crippen LogP contribution in [0.1, 0.15) is 45.4 Å².